The van der Waals surface area contributed by atoms with Crippen molar-refractivity contribution >= 4 is 5.97 Å². The van der Waals surface area contributed by atoms with Crippen LogP contribution in [0.4, 0.5) is 0 Å². The van der Waals surface area contributed by atoms with Crippen LogP contribution >= 0.6 is 0 Å². The Morgan fingerprint density at radius 2 is 2.00 bits per heavy atom. The number of methoxy groups -OCH3 is 1. The second kappa shape index (κ2) is 4.03. The minimum absolute atomic E-state index is 0.352. The van der Waals surface area contributed by atoms with E-state index in [2.05, 4.69) is 4.74 Å². The van der Waals surface area contributed by atoms with Crippen molar-refractivity contribution in [2.24, 2.45) is 0 Å². The number of carbonyl (C=O) groups excluding carboxylic acids is 1. The fourth-order valence-electron chi connectivity index (χ4n) is 1.38. The van der Waals surface area contributed by atoms with Gasteiger partial charge in [-0.2, -0.15) is 0 Å². The normalized spacial score (nSPS) is 11.3. The van der Waals surface area contributed by atoms with Gasteiger partial charge in [-0.25, -0.2) is 4.79 Å². The number of hydrogen-bond acceptors (Lipinski definition) is 3. The number of esters is 1. The van der Waals surface area contributed by atoms with Gasteiger partial charge in [0.15, 0.2) is 0 Å². The highest BCUT2D eigenvalue weighted by Crippen LogP contribution is 2.22. The van der Waals surface area contributed by atoms with E-state index in [1.165, 1.54) is 7.11 Å². The minimum Gasteiger partial charge on any atom is -0.465 e. The topological polar surface area (TPSA) is 46.5 Å². The molecule has 0 unspecified atom stereocenters. The van der Waals surface area contributed by atoms with E-state index >= 15 is 0 Å². The summed E-state index contributed by atoms with van der Waals surface area (Å²) in [5.74, 6) is -0.352. The molecule has 0 aliphatic heterocycles. The molecule has 3 heteroatoms. The third kappa shape index (κ3) is 2.57. The van der Waals surface area contributed by atoms with E-state index < -0.39 is 5.60 Å². The molecule has 3 nitrogen and oxygen atoms in total. The van der Waals surface area contributed by atoms with Crippen molar-refractivity contribution < 1.29 is 14.6 Å². The van der Waals surface area contributed by atoms with Gasteiger partial charge >= 0.3 is 5.97 Å². The highest BCUT2D eigenvalue weighted by atomic mass is 16.5. The Kier molecular flexibility index (Phi) is 3.15. The fraction of sp³-hybridized carbons (Fsp3) is 0.417. The van der Waals surface area contributed by atoms with Crippen LogP contribution in [0.15, 0.2) is 18.2 Å². The maximum absolute atomic E-state index is 11.3. The first kappa shape index (κ1) is 11.7. The van der Waals surface area contributed by atoms with Gasteiger partial charge in [-0.3, -0.25) is 0 Å². The lowest BCUT2D eigenvalue weighted by Gasteiger charge is -2.18. The maximum atomic E-state index is 11.3. The van der Waals surface area contributed by atoms with E-state index in [4.69, 9.17) is 0 Å². The van der Waals surface area contributed by atoms with Gasteiger partial charge in [0.1, 0.15) is 0 Å². The highest BCUT2D eigenvalue weighted by Gasteiger charge is 2.18. The molecule has 0 amide bonds. The van der Waals surface area contributed by atoms with Gasteiger partial charge < -0.3 is 9.84 Å². The maximum Gasteiger partial charge on any atom is 0.338 e. The third-order valence-electron chi connectivity index (χ3n) is 2.34. The van der Waals surface area contributed by atoms with E-state index in [1.54, 1.807) is 32.0 Å². The molecular weight excluding hydrogens is 192 g/mol. The molecule has 0 radical (unpaired) electrons. The van der Waals surface area contributed by atoms with Crippen LogP contribution < -0.4 is 0 Å². The third-order valence-corrected chi connectivity index (χ3v) is 2.34. The van der Waals surface area contributed by atoms with E-state index in [-0.39, 0.29) is 5.97 Å². The van der Waals surface area contributed by atoms with Gasteiger partial charge in [0.05, 0.1) is 18.3 Å². The van der Waals surface area contributed by atoms with Crippen LogP contribution in [0.25, 0.3) is 0 Å². The van der Waals surface area contributed by atoms with Crippen LogP contribution in [0.5, 0.6) is 0 Å². The van der Waals surface area contributed by atoms with Crippen molar-refractivity contribution in [2.45, 2.75) is 26.4 Å². The molecule has 0 saturated carbocycles. The molecule has 0 bridgehead atoms. The summed E-state index contributed by atoms with van der Waals surface area (Å²) < 4.78 is 4.64. The number of carbonyl (C=O) groups is 1. The zero-order valence-corrected chi connectivity index (χ0v) is 9.50. The Labute approximate surface area is 89.7 Å². The van der Waals surface area contributed by atoms with Gasteiger partial charge in [0, 0.05) is 0 Å². The van der Waals surface area contributed by atoms with Crippen LogP contribution in [-0.4, -0.2) is 18.2 Å². The molecule has 0 aliphatic rings. The Balaban J connectivity index is 3.15. The number of hydrogen-bond donors (Lipinski definition) is 1. The minimum atomic E-state index is -0.889. The molecule has 0 aliphatic carbocycles. The zero-order chi connectivity index (χ0) is 11.6. The molecule has 82 valence electrons. The smallest absolute Gasteiger partial charge is 0.338 e. The predicted octanol–water partition coefficient (Wildman–Crippen LogP) is 2.01. The van der Waals surface area contributed by atoms with Gasteiger partial charge in [0.25, 0.3) is 0 Å². The van der Waals surface area contributed by atoms with Crippen LogP contribution in [0.1, 0.15) is 35.3 Å². The summed E-state index contributed by atoms with van der Waals surface area (Å²) in [5, 5.41) is 9.78. The molecule has 0 spiro atoms. The summed E-state index contributed by atoms with van der Waals surface area (Å²) in [7, 11) is 1.35. The van der Waals surface area contributed by atoms with Crippen molar-refractivity contribution in [2.75, 3.05) is 7.11 Å². The Morgan fingerprint density at radius 1 is 1.40 bits per heavy atom. The summed E-state index contributed by atoms with van der Waals surface area (Å²) in [6, 6.07) is 5.21. The number of benzene rings is 1. The lowest BCUT2D eigenvalue weighted by Crippen LogP contribution is -2.16. The van der Waals surface area contributed by atoms with Gasteiger partial charge in [0.2, 0.25) is 0 Å². The quantitative estimate of drug-likeness (QED) is 0.756. The van der Waals surface area contributed by atoms with Crippen molar-refractivity contribution in [3.63, 3.8) is 0 Å². The molecule has 1 aromatic rings. The monoisotopic (exact) mass is 208 g/mol. The van der Waals surface area contributed by atoms with E-state index in [0.29, 0.717) is 5.56 Å². The molecule has 1 aromatic carbocycles. The molecule has 0 saturated heterocycles. The number of aryl methyl sites for hydroxylation is 1. The molecule has 0 heterocycles. The van der Waals surface area contributed by atoms with Gasteiger partial charge in [-0.1, -0.05) is 12.1 Å². The Bertz CT molecular complexity index is 375. The van der Waals surface area contributed by atoms with Crippen molar-refractivity contribution in [3.05, 3.63) is 34.9 Å². The largest absolute Gasteiger partial charge is 0.465 e. The summed E-state index contributed by atoms with van der Waals surface area (Å²) in [6.45, 7) is 5.24. The van der Waals surface area contributed by atoms with E-state index in [1.807, 2.05) is 6.92 Å². The number of rotatable bonds is 2. The van der Waals surface area contributed by atoms with Crippen LogP contribution in [0, 0.1) is 6.92 Å². The molecule has 1 N–H and O–H groups in total. The van der Waals surface area contributed by atoms with Crippen LogP contribution in [0.2, 0.25) is 0 Å². The molecule has 0 aromatic heterocycles. The second-order valence-electron chi connectivity index (χ2n) is 4.08. The van der Waals surface area contributed by atoms with Gasteiger partial charge in [-0.15, -0.1) is 0 Å². The SMILES string of the molecule is COC(=O)c1ccc(C(C)(C)O)cc1C. The van der Waals surface area contributed by atoms with Crippen LogP contribution in [0.3, 0.4) is 0 Å². The second-order valence-corrected chi connectivity index (χ2v) is 4.08. The first-order chi connectivity index (χ1) is 6.86. The predicted molar refractivity (Wildman–Crippen MR) is 57.8 cm³/mol. The average Bonchev–Trinajstić information content (AvgIpc) is 2.15. The number of aliphatic hydroxyl groups is 1. The standard InChI is InChI=1S/C12H16O3/c1-8-7-9(12(2,3)14)5-6-10(8)11(13)15-4/h5-7,14H,1-4H3. The van der Waals surface area contributed by atoms with Crippen molar-refractivity contribution in [1.29, 1.82) is 0 Å². The lowest BCUT2D eigenvalue weighted by atomic mass is 9.94. The molecular formula is C12H16O3. The van der Waals surface area contributed by atoms with Crippen LogP contribution in [-0.2, 0) is 10.3 Å². The molecule has 1 rings (SSSR count). The summed E-state index contributed by atoms with van der Waals surface area (Å²) >= 11 is 0. The lowest BCUT2D eigenvalue weighted by molar-refractivity contribution is 0.0597. The molecule has 15 heavy (non-hydrogen) atoms. The van der Waals surface area contributed by atoms with E-state index in [0.717, 1.165) is 11.1 Å². The van der Waals surface area contributed by atoms with Gasteiger partial charge in [-0.05, 0) is 38.0 Å². The highest BCUT2D eigenvalue weighted by molar-refractivity contribution is 5.91. The summed E-state index contributed by atoms with van der Waals surface area (Å²) in [5.41, 5.74) is 1.24. The van der Waals surface area contributed by atoms with E-state index in [9.17, 15) is 9.90 Å². The summed E-state index contributed by atoms with van der Waals surface area (Å²) in [4.78, 5) is 11.3. The molecule has 0 atom stereocenters. The first-order valence-electron chi connectivity index (χ1n) is 4.78. The first-order valence-corrected chi connectivity index (χ1v) is 4.78. The fourth-order valence-corrected chi connectivity index (χ4v) is 1.38. The number of ether oxygens (including phenoxy) is 1. The van der Waals surface area contributed by atoms with Crippen molar-refractivity contribution in [1.82, 2.24) is 0 Å². The Hall–Kier alpha value is -1.35. The zero-order valence-electron chi connectivity index (χ0n) is 9.50. The Morgan fingerprint density at radius 3 is 2.40 bits per heavy atom. The molecule has 0 fully saturated rings. The summed E-state index contributed by atoms with van der Waals surface area (Å²) in [6.07, 6.45) is 0. The van der Waals surface area contributed by atoms with Crippen molar-refractivity contribution in [3.8, 4) is 0 Å². The average molecular weight is 208 g/mol.